The van der Waals surface area contributed by atoms with Crippen molar-refractivity contribution in [3.05, 3.63) is 24.3 Å². The molecule has 4 N–H and O–H groups in total. The summed E-state index contributed by atoms with van der Waals surface area (Å²) in [5.74, 6) is 0.513. The highest BCUT2D eigenvalue weighted by atomic mass is 16.3. The monoisotopic (exact) mass is 291 g/mol. The summed E-state index contributed by atoms with van der Waals surface area (Å²) in [6.45, 7) is 3.62. The van der Waals surface area contributed by atoms with Gasteiger partial charge in [-0.2, -0.15) is 0 Å². The zero-order valence-corrected chi connectivity index (χ0v) is 12.6. The van der Waals surface area contributed by atoms with Gasteiger partial charge in [0.1, 0.15) is 0 Å². The van der Waals surface area contributed by atoms with Crippen LogP contribution in [0.3, 0.4) is 0 Å². The van der Waals surface area contributed by atoms with E-state index in [2.05, 4.69) is 10.2 Å². The number of rotatable bonds is 8. The second-order valence-corrected chi connectivity index (χ2v) is 5.60. The second-order valence-electron chi connectivity index (χ2n) is 5.60. The molecule has 1 aromatic rings. The maximum absolute atomic E-state index is 11.9. The van der Waals surface area contributed by atoms with Gasteiger partial charge >= 0.3 is 0 Å². The van der Waals surface area contributed by atoms with Gasteiger partial charge in [-0.05, 0) is 49.9 Å². The molecule has 0 heterocycles. The van der Waals surface area contributed by atoms with Crippen molar-refractivity contribution < 1.29 is 9.90 Å². The lowest BCUT2D eigenvalue weighted by atomic mass is 10.1. The summed E-state index contributed by atoms with van der Waals surface area (Å²) in [6, 6.07) is 7.67. The Morgan fingerprint density at radius 3 is 2.62 bits per heavy atom. The van der Waals surface area contributed by atoms with Gasteiger partial charge in [0.25, 0.3) is 0 Å². The summed E-state index contributed by atoms with van der Waals surface area (Å²) in [5, 5.41) is 11.9. The molecule has 0 saturated heterocycles. The molecule has 0 aliphatic heterocycles. The molecular formula is C16H25N3O2. The number of aliphatic hydroxyl groups is 1. The van der Waals surface area contributed by atoms with Gasteiger partial charge in [-0.25, -0.2) is 0 Å². The SMILES string of the molecule is CCN(CCO)c1ccc(NC(=O)CC(N)C2CC2)cc1. The van der Waals surface area contributed by atoms with Crippen LogP contribution in [-0.2, 0) is 4.79 Å². The van der Waals surface area contributed by atoms with Crippen LogP contribution >= 0.6 is 0 Å². The van der Waals surface area contributed by atoms with Crippen LogP contribution in [0.15, 0.2) is 24.3 Å². The Balaban J connectivity index is 1.87. The minimum absolute atomic E-state index is 0.00981. The average molecular weight is 291 g/mol. The molecule has 1 unspecified atom stereocenters. The first-order valence-corrected chi connectivity index (χ1v) is 7.65. The Kier molecular flexibility index (Phi) is 5.59. The quantitative estimate of drug-likeness (QED) is 0.679. The average Bonchev–Trinajstić information content (AvgIpc) is 3.30. The number of nitrogens with zero attached hydrogens (tertiary/aromatic N) is 1. The number of nitrogens with two attached hydrogens (primary N) is 1. The standard InChI is InChI=1S/C16H25N3O2/c1-2-19(9-10-20)14-7-5-13(6-8-14)18-16(21)11-15(17)12-3-4-12/h5-8,12,15,20H,2-4,9-11,17H2,1H3,(H,18,21). The normalized spacial score (nSPS) is 15.6. The molecule has 2 rings (SSSR count). The Hall–Kier alpha value is -1.59. The van der Waals surface area contributed by atoms with Crippen molar-refractivity contribution in [2.24, 2.45) is 11.7 Å². The minimum Gasteiger partial charge on any atom is -0.395 e. The molecule has 1 aromatic carbocycles. The van der Waals surface area contributed by atoms with Gasteiger partial charge in [-0.3, -0.25) is 4.79 Å². The molecule has 0 radical (unpaired) electrons. The third-order valence-corrected chi connectivity index (χ3v) is 3.92. The van der Waals surface area contributed by atoms with Crippen molar-refractivity contribution >= 4 is 17.3 Å². The van der Waals surface area contributed by atoms with Crippen molar-refractivity contribution in [1.82, 2.24) is 0 Å². The maximum atomic E-state index is 11.9. The molecule has 5 nitrogen and oxygen atoms in total. The van der Waals surface area contributed by atoms with Crippen LogP contribution in [0.5, 0.6) is 0 Å². The van der Waals surface area contributed by atoms with Gasteiger partial charge in [0.15, 0.2) is 0 Å². The molecule has 1 saturated carbocycles. The van der Waals surface area contributed by atoms with Crippen LogP contribution in [0.4, 0.5) is 11.4 Å². The van der Waals surface area contributed by atoms with Gasteiger partial charge < -0.3 is 21.1 Å². The zero-order chi connectivity index (χ0) is 15.2. The largest absolute Gasteiger partial charge is 0.395 e. The fraction of sp³-hybridized carbons (Fsp3) is 0.562. The highest BCUT2D eigenvalue weighted by Gasteiger charge is 2.29. The summed E-state index contributed by atoms with van der Waals surface area (Å²) >= 11 is 0. The van der Waals surface area contributed by atoms with Crippen LogP contribution < -0.4 is 16.0 Å². The molecule has 1 atom stereocenters. The van der Waals surface area contributed by atoms with Crippen molar-refractivity contribution in [2.75, 3.05) is 29.9 Å². The lowest BCUT2D eigenvalue weighted by Crippen LogP contribution is -2.29. The third kappa shape index (κ3) is 4.72. The first-order valence-electron chi connectivity index (χ1n) is 7.65. The van der Waals surface area contributed by atoms with E-state index < -0.39 is 0 Å². The lowest BCUT2D eigenvalue weighted by Gasteiger charge is -2.22. The smallest absolute Gasteiger partial charge is 0.225 e. The summed E-state index contributed by atoms with van der Waals surface area (Å²) in [7, 11) is 0. The zero-order valence-electron chi connectivity index (χ0n) is 12.6. The highest BCUT2D eigenvalue weighted by Crippen LogP contribution is 2.32. The number of carbonyl (C=O) groups is 1. The number of hydrogen-bond donors (Lipinski definition) is 3. The van der Waals surface area contributed by atoms with Crippen molar-refractivity contribution in [2.45, 2.75) is 32.2 Å². The Morgan fingerprint density at radius 1 is 1.43 bits per heavy atom. The predicted octanol–water partition coefficient (Wildman–Crippen LogP) is 1.57. The number of likely N-dealkylation sites (N-methyl/N-ethyl adjacent to an activating group) is 1. The summed E-state index contributed by atoms with van der Waals surface area (Å²) in [5.41, 5.74) is 7.78. The van der Waals surface area contributed by atoms with Gasteiger partial charge in [0, 0.05) is 36.9 Å². The molecular weight excluding hydrogens is 266 g/mol. The molecule has 116 valence electrons. The molecule has 1 fully saturated rings. The van der Waals surface area contributed by atoms with E-state index in [0.717, 1.165) is 30.8 Å². The van der Waals surface area contributed by atoms with Crippen molar-refractivity contribution in [3.63, 3.8) is 0 Å². The number of carbonyl (C=O) groups excluding carboxylic acids is 1. The number of nitrogens with one attached hydrogen (secondary N) is 1. The topological polar surface area (TPSA) is 78.6 Å². The van der Waals surface area contributed by atoms with Gasteiger partial charge in [0.05, 0.1) is 6.61 Å². The van der Waals surface area contributed by atoms with Crippen molar-refractivity contribution in [1.29, 1.82) is 0 Å². The Labute approximate surface area is 126 Å². The molecule has 0 bridgehead atoms. The van der Waals surface area contributed by atoms with Crippen LogP contribution in [0.1, 0.15) is 26.2 Å². The Bertz CT molecular complexity index is 457. The van der Waals surface area contributed by atoms with Crippen LogP contribution in [0, 0.1) is 5.92 Å². The van der Waals surface area contributed by atoms with Gasteiger partial charge in [-0.1, -0.05) is 0 Å². The predicted molar refractivity (Wildman–Crippen MR) is 85.4 cm³/mol. The van der Waals surface area contributed by atoms with E-state index >= 15 is 0 Å². The number of hydrogen-bond acceptors (Lipinski definition) is 4. The number of aliphatic hydroxyl groups excluding tert-OH is 1. The molecule has 1 aliphatic carbocycles. The third-order valence-electron chi connectivity index (χ3n) is 3.92. The molecule has 0 aromatic heterocycles. The lowest BCUT2D eigenvalue weighted by molar-refractivity contribution is -0.116. The van der Waals surface area contributed by atoms with E-state index in [1.54, 1.807) is 0 Å². The molecule has 21 heavy (non-hydrogen) atoms. The molecule has 0 spiro atoms. The number of amides is 1. The van der Waals surface area contributed by atoms with Gasteiger partial charge in [0.2, 0.25) is 5.91 Å². The molecule has 5 heteroatoms. The fourth-order valence-corrected chi connectivity index (χ4v) is 2.46. The fourth-order valence-electron chi connectivity index (χ4n) is 2.46. The summed E-state index contributed by atoms with van der Waals surface area (Å²) < 4.78 is 0. The number of anilines is 2. The Morgan fingerprint density at radius 2 is 2.10 bits per heavy atom. The second kappa shape index (κ2) is 7.43. The summed E-state index contributed by atoms with van der Waals surface area (Å²) in [6.07, 6.45) is 2.69. The first kappa shape index (κ1) is 15.8. The van der Waals surface area contributed by atoms with Crippen LogP contribution in [0.2, 0.25) is 0 Å². The van der Waals surface area contributed by atoms with Gasteiger partial charge in [-0.15, -0.1) is 0 Å². The molecule has 1 aliphatic rings. The highest BCUT2D eigenvalue weighted by molar-refractivity contribution is 5.91. The number of benzene rings is 1. The van der Waals surface area contributed by atoms with E-state index in [9.17, 15) is 4.79 Å². The van der Waals surface area contributed by atoms with E-state index in [4.69, 9.17) is 10.8 Å². The van der Waals surface area contributed by atoms with E-state index in [-0.39, 0.29) is 18.6 Å². The first-order chi connectivity index (χ1) is 10.1. The van der Waals surface area contributed by atoms with E-state index in [1.165, 1.54) is 0 Å². The van der Waals surface area contributed by atoms with E-state index in [0.29, 0.717) is 18.9 Å². The van der Waals surface area contributed by atoms with Crippen LogP contribution in [0.25, 0.3) is 0 Å². The molecule has 1 amide bonds. The van der Waals surface area contributed by atoms with Crippen LogP contribution in [-0.4, -0.2) is 36.8 Å². The van der Waals surface area contributed by atoms with Crippen molar-refractivity contribution in [3.8, 4) is 0 Å². The summed E-state index contributed by atoms with van der Waals surface area (Å²) in [4.78, 5) is 14.0. The maximum Gasteiger partial charge on any atom is 0.225 e. The minimum atomic E-state index is -0.0233. The van der Waals surface area contributed by atoms with E-state index in [1.807, 2.05) is 31.2 Å².